The summed E-state index contributed by atoms with van der Waals surface area (Å²) in [6.45, 7) is 0.00233. The summed E-state index contributed by atoms with van der Waals surface area (Å²) in [4.78, 5) is 7.19. The van der Waals surface area contributed by atoms with E-state index in [1.54, 1.807) is 0 Å². The summed E-state index contributed by atoms with van der Waals surface area (Å²) < 4.78 is 40.0. The van der Waals surface area contributed by atoms with Gasteiger partial charge in [-0.1, -0.05) is 5.16 Å². The Labute approximate surface area is 93.9 Å². The van der Waals surface area contributed by atoms with Crippen LogP contribution < -0.4 is 10.5 Å². The Hall–Kier alpha value is -2.06. The van der Waals surface area contributed by atoms with Gasteiger partial charge in [0.15, 0.2) is 12.4 Å². The van der Waals surface area contributed by atoms with Crippen LogP contribution in [0.25, 0.3) is 0 Å². The van der Waals surface area contributed by atoms with E-state index in [2.05, 4.69) is 19.9 Å². The third kappa shape index (κ3) is 4.13. The van der Waals surface area contributed by atoms with Crippen molar-refractivity contribution in [1.82, 2.24) is 9.97 Å². The fraction of sp³-hybridized carbons (Fsp3) is 0.375. The quantitative estimate of drug-likeness (QED) is 0.358. The van der Waals surface area contributed by atoms with E-state index in [1.165, 1.54) is 13.0 Å². The molecule has 0 aliphatic carbocycles. The number of nitrogens with zero attached hydrogens (tertiary/aromatic N) is 3. The van der Waals surface area contributed by atoms with E-state index < -0.39 is 18.8 Å². The monoisotopic (exact) mass is 250 g/mol. The minimum Gasteiger partial charge on any atom is -0.454 e. The SMILES string of the molecule is Cc1cc(/C(N)=N/O)nc(OCC(F)(F)F)n1. The minimum atomic E-state index is -4.48. The van der Waals surface area contributed by atoms with Crippen molar-refractivity contribution in [2.45, 2.75) is 13.1 Å². The van der Waals surface area contributed by atoms with E-state index >= 15 is 0 Å². The van der Waals surface area contributed by atoms with Crippen LogP contribution in [-0.2, 0) is 0 Å². The Morgan fingerprint density at radius 1 is 1.53 bits per heavy atom. The second-order valence-corrected chi connectivity index (χ2v) is 3.07. The number of nitrogens with two attached hydrogens (primary N) is 1. The van der Waals surface area contributed by atoms with Gasteiger partial charge in [0.25, 0.3) is 0 Å². The molecule has 0 fully saturated rings. The number of ether oxygens (including phenoxy) is 1. The predicted octanol–water partition coefficient (Wildman–Crippen LogP) is 0.821. The average molecular weight is 250 g/mol. The van der Waals surface area contributed by atoms with Gasteiger partial charge < -0.3 is 15.7 Å². The third-order valence-corrected chi connectivity index (χ3v) is 1.57. The number of hydrogen-bond donors (Lipinski definition) is 2. The molecule has 0 saturated heterocycles. The Kier molecular flexibility index (Phi) is 3.71. The molecule has 0 aliphatic rings. The van der Waals surface area contributed by atoms with Crippen molar-refractivity contribution < 1.29 is 23.1 Å². The zero-order chi connectivity index (χ0) is 13.1. The highest BCUT2D eigenvalue weighted by Crippen LogP contribution is 2.16. The lowest BCUT2D eigenvalue weighted by atomic mass is 10.3. The number of aromatic nitrogens is 2. The van der Waals surface area contributed by atoms with E-state index in [0.717, 1.165) is 0 Å². The molecule has 0 saturated carbocycles. The van der Waals surface area contributed by atoms with Gasteiger partial charge in [-0.2, -0.15) is 18.2 Å². The molecule has 9 heteroatoms. The summed E-state index contributed by atoms with van der Waals surface area (Å²) in [7, 11) is 0. The van der Waals surface area contributed by atoms with E-state index in [0.29, 0.717) is 5.69 Å². The molecule has 0 aromatic carbocycles. The van der Waals surface area contributed by atoms with Crippen LogP contribution in [0.2, 0.25) is 0 Å². The van der Waals surface area contributed by atoms with Gasteiger partial charge in [-0.05, 0) is 13.0 Å². The molecule has 0 amide bonds. The summed E-state index contributed by atoms with van der Waals surface area (Å²) in [5.41, 5.74) is 5.56. The van der Waals surface area contributed by atoms with Crippen LogP contribution in [0.5, 0.6) is 6.01 Å². The zero-order valence-electron chi connectivity index (χ0n) is 8.69. The molecule has 6 nitrogen and oxygen atoms in total. The smallest absolute Gasteiger partial charge is 0.422 e. The fourth-order valence-electron chi connectivity index (χ4n) is 0.935. The Morgan fingerprint density at radius 3 is 2.71 bits per heavy atom. The number of oxime groups is 1. The van der Waals surface area contributed by atoms with Gasteiger partial charge in [0.05, 0.1) is 0 Å². The first kappa shape index (κ1) is 13.0. The van der Waals surface area contributed by atoms with Crippen molar-refractivity contribution >= 4 is 5.84 Å². The van der Waals surface area contributed by atoms with Gasteiger partial charge >= 0.3 is 12.2 Å². The van der Waals surface area contributed by atoms with Crippen LogP contribution >= 0.6 is 0 Å². The summed E-state index contributed by atoms with van der Waals surface area (Å²) in [6.07, 6.45) is -4.48. The highest BCUT2D eigenvalue weighted by Gasteiger charge is 2.29. The van der Waals surface area contributed by atoms with Crippen molar-refractivity contribution in [3.05, 3.63) is 17.5 Å². The lowest BCUT2D eigenvalue weighted by Crippen LogP contribution is -2.21. The molecule has 0 bridgehead atoms. The fourth-order valence-corrected chi connectivity index (χ4v) is 0.935. The maximum Gasteiger partial charge on any atom is 0.422 e. The summed E-state index contributed by atoms with van der Waals surface area (Å²) in [5.74, 6) is -0.340. The Balaban J connectivity index is 2.90. The predicted molar refractivity (Wildman–Crippen MR) is 50.8 cm³/mol. The summed E-state index contributed by atoms with van der Waals surface area (Å²) >= 11 is 0. The first-order chi connectivity index (χ1) is 7.81. The van der Waals surface area contributed by atoms with Crippen molar-refractivity contribution in [2.75, 3.05) is 6.61 Å². The maximum atomic E-state index is 11.9. The second kappa shape index (κ2) is 4.85. The molecule has 1 aromatic heterocycles. The first-order valence-corrected chi connectivity index (χ1v) is 4.35. The zero-order valence-corrected chi connectivity index (χ0v) is 8.69. The number of rotatable bonds is 3. The Bertz CT molecular complexity index is 433. The Morgan fingerprint density at radius 2 is 2.18 bits per heavy atom. The van der Waals surface area contributed by atoms with Crippen LogP contribution in [0.15, 0.2) is 11.2 Å². The highest BCUT2D eigenvalue weighted by atomic mass is 19.4. The van der Waals surface area contributed by atoms with Gasteiger partial charge in [-0.15, -0.1) is 0 Å². The summed E-state index contributed by atoms with van der Waals surface area (Å²) in [6, 6.07) is 0.860. The summed E-state index contributed by atoms with van der Waals surface area (Å²) in [5, 5.41) is 11.1. The molecule has 1 rings (SSSR count). The van der Waals surface area contributed by atoms with Gasteiger partial charge in [-0.3, -0.25) is 0 Å². The standard InChI is InChI=1S/C8H9F3N4O2/c1-4-2-5(6(12)15-16)14-7(13-4)17-3-8(9,10)11/h2,16H,3H2,1H3,(H2,12,15). The topological polar surface area (TPSA) is 93.6 Å². The first-order valence-electron chi connectivity index (χ1n) is 4.35. The average Bonchev–Trinajstić information content (AvgIpc) is 2.23. The van der Waals surface area contributed by atoms with Gasteiger partial charge in [0.1, 0.15) is 5.69 Å². The number of amidine groups is 1. The van der Waals surface area contributed by atoms with Crippen LogP contribution in [0.3, 0.4) is 0 Å². The molecule has 3 N–H and O–H groups in total. The van der Waals surface area contributed by atoms with Crippen LogP contribution in [0.4, 0.5) is 13.2 Å². The molecule has 0 radical (unpaired) electrons. The molecular formula is C8H9F3N4O2. The third-order valence-electron chi connectivity index (χ3n) is 1.57. The van der Waals surface area contributed by atoms with Crippen LogP contribution in [0.1, 0.15) is 11.4 Å². The van der Waals surface area contributed by atoms with Crippen molar-refractivity contribution in [2.24, 2.45) is 10.9 Å². The second-order valence-electron chi connectivity index (χ2n) is 3.07. The molecule has 0 spiro atoms. The molecule has 1 heterocycles. The van der Waals surface area contributed by atoms with Gasteiger partial charge in [0.2, 0.25) is 0 Å². The van der Waals surface area contributed by atoms with E-state index in [4.69, 9.17) is 10.9 Å². The van der Waals surface area contributed by atoms with E-state index in [-0.39, 0.29) is 11.5 Å². The van der Waals surface area contributed by atoms with Crippen molar-refractivity contribution in [3.8, 4) is 6.01 Å². The molecule has 0 unspecified atom stereocenters. The normalized spacial score (nSPS) is 12.6. The molecule has 94 valence electrons. The lowest BCUT2D eigenvalue weighted by Gasteiger charge is -2.08. The van der Waals surface area contributed by atoms with Crippen molar-refractivity contribution in [3.63, 3.8) is 0 Å². The number of hydrogen-bond acceptors (Lipinski definition) is 5. The minimum absolute atomic E-state index is 0.0165. The number of aryl methyl sites for hydroxylation is 1. The number of alkyl halides is 3. The van der Waals surface area contributed by atoms with Gasteiger partial charge in [0, 0.05) is 5.69 Å². The molecule has 0 aliphatic heterocycles. The lowest BCUT2D eigenvalue weighted by molar-refractivity contribution is -0.154. The molecular weight excluding hydrogens is 241 g/mol. The van der Waals surface area contributed by atoms with Crippen LogP contribution in [0, 0.1) is 6.92 Å². The molecule has 0 atom stereocenters. The van der Waals surface area contributed by atoms with Crippen LogP contribution in [-0.4, -0.2) is 33.8 Å². The van der Waals surface area contributed by atoms with Crippen molar-refractivity contribution in [1.29, 1.82) is 0 Å². The molecule has 17 heavy (non-hydrogen) atoms. The van der Waals surface area contributed by atoms with E-state index in [1.807, 2.05) is 0 Å². The van der Waals surface area contributed by atoms with Gasteiger partial charge in [-0.25, -0.2) is 4.98 Å². The number of halogens is 3. The maximum absolute atomic E-state index is 11.9. The highest BCUT2D eigenvalue weighted by molar-refractivity contribution is 5.95. The van der Waals surface area contributed by atoms with E-state index in [9.17, 15) is 13.2 Å². The largest absolute Gasteiger partial charge is 0.454 e. The molecule has 1 aromatic rings.